The van der Waals surface area contributed by atoms with Crippen LogP contribution in [0, 0.1) is 5.92 Å². The van der Waals surface area contributed by atoms with Gasteiger partial charge in [0.2, 0.25) is 5.79 Å². The highest BCUT2D eigenvalue weighted by Gasteiger charge is 2.64. The molecule has 3 atom stereocenters. The number of esters is 1. The van der Waals surface area contributed by atoms with Crippen LogP contribution in [0.2, 0.25) is 0 Å². The second-order valence-corrected chi connectivity index (χ2v) is 5.18. The summed E-state index contributed by atoms with van der Waals surface area (Å²) in [6, 6.07) is 0. The Morgan fingerprint density at radius 2 is 2.06 bits per heavy atom. The molecule has 2 aliphatic heterocycles. The van der Waals surface area contributed by atoms with Crippen LogP contribution in [0.25, 0.3) is 0 Å². The molecule has 17 heavy (non-hydrogen) atoms. The number of methoxy groups -OCH3 is 1. The van der Waals surface area contributed by atoms with Gasteiger partial charge in [0.15, 0.2) is 5.60 Å². The second-order valence-electron chi connectivity index (χ2n) is 5.18. The van der Waals surface area contributed by atoms with E-state index in [2.05, 4.69) is 0 Å². The van der Waals surface area contributed by atoms with Gasteiger partial charge < -0.3 is 18.9 Å². The van der Waals surface area contributed by atoms with Crippen LogP contribution in [0.4, 0.5) is 0 Å². The molecule has 0 aromatic carbocycles. The van der Waals surface area contributed by atoms with E-state index in [1.54, 1.807) is 7.11 Å². The monoisotopic (exact) mass is 242 g/mol. The predicted molar refractivity (Wildman–Crippen MR) is 57.3 cm³/mol. The van der Waals surface area contributed by atoms with Gasteiger partial charge in [0.25, 0.3) is 0 Å². The molecule has 2 saturated heterocycles. The maximum atomic E-state index is 11.9. The lowest BCUT2D eigenvalue weighted by Crippen LogP contribution is -2.54. The number of carbonyl (C=O) groups excluding carboxylic acids is 1. The van der Waals surface area contributed by atoms with Crippen LogP contribution >= 0.6 is 0 Å². The molecule has 0 N–H and O–H groups in total. The molecule has 0 aromatic heterocycles. The van der Waals surface area contributed by atoms with E-state index in [0.29, 0.717) is 19.6 Å². The summed E-state index contributed by atoms with van der Waals surface area (Å²) in [6.45, 7) is 3.01. The van der Waals surface area contributed by atoms with Crippen LogP contribution in [-0.2, 0) is 23.7 Å². The highest BCUT2D eigenvalue weighted by atomic mass is 16.8. The first-order valence-electron chi connectivity index (χ1n) is 6.14. The van der Waals surface area contributed by atoms with E-state index in [-0.39, 0.29) is 18.0 Å². The highest BCUT2D eigenvalue weighted by Crippen LogP contribution is 2.51. The fourth-order valence-electron chi connectivity index (χ4n) is 3.33. The molecule has 1 aliphatic carbocycles. The van der Waals surface area contributed by atoms with Crippen LogP contribution in [0.1, 0.15) is 26.2 Å². The number of carbonyl (C=O) groups is 1. The van der Waals surface area contributed by atoms with Crippen molar-refractivity contribution in [2.45, 2.75) is 43.7 Å². The second kappa shape index (κ2) is 3.67. The van der Waals surface area contributed by atoms with Crippen molar-refractivity contribution in [3.05, 3.63) is 0 Å². The minimum atomic E-state index is -0.782. The lowest BCUT2D eigenvalue weighted by atomic mass is 9.75. The third-order valence-corrected chi connectivity index (χ3v) is 4.40. The van der Waals surface area contributed by atoms with Gasteiger partial charge in [-0.1, -0.05) is 0 Å². The lowest BCUT2D eigenvalue weighted by molar-refractivity contribution is -0.262. The number of rotatable bonds is 2. The molecular formula is C12H18O5. The Labute approximate surface area is 100 Å². The molecule has 96 valence electrons. The Bertz CT molecular complexity index is 336. The summed E-state index contributed by atoms with van der Waals surface area (Å²) in [5, 5.41) is 0. The van der Waals surface area contributed by atoms with Gasteiger partial charge >= 0.3 is 5.97 Å². The summed E-state index contributed by atoms with van der Waals surface area (Å²) in [7, 11) is 1.65. The smallest absolute Gasteiger partial charge is 0.312 e. The van der Waals surface area contributed by atoms with E-state index in [1.807, 2.05) is 6.92 Å². The molecule has 0 amide bonds. The topological polar surface area (TPSA) is 54.0 Å². The molecule has 3 aliphatic rings. The fraction of sp³-hybridized carbons (Fsp3) is 0.917. The first-order chi connectivity index (χ1) is 8.10. The third kappa shape index (κ3) is 1.46. The Kier molecular flexibility index (Phi) is 2.47. The predicted octanol–water partition coefficient (Wildman–Crippen LogP) is 0.860. The minimum absolute atomic E-state index is 0.0249. The molecule has 0 radical (unpaired) electrons. The molecular weight excluding hydrogens is 224 g/mol. The normalized spacial score (nSPS) is 43.8. The van der Waals surface area contributed by atoms with E-state index in [1.165, 1.54) is 0 Å². The van der Waals surface area contributed by atoms with Gasteiger partial charge in [-0.3, -0.25) is 4.79 Å². The molecule has 5 nitrogen and oxygen atoms in total. The van der Waals surface area contributed by atoms with Gasteiger partial charge in [-0.2, -0.15) is 0 Å². The van der Waals surface area contributed by atoms with Gasteiger partial charge in [0.1, 0.15) is 0 Å². The SMILES string of the molecule is COC1CCC2(C3(C)OCCO3)CC1C(=O)O2. The zero-order chi connectivity index (χ0) is 12.1. The molecule has 1 saturated carbocycles. The summed E-state index contributed by atoms with van der Waals surface area (Å²) in [5.74, 6) is -1.12. The molecule has 0 aromatic rings. The molecule has 2 bridgehead atoms. The van der Waals surface area contributed by atoms with Gasteiger partial charge in [0, 0.05) is 13.5 Å². The maximum Gasteiger partial charge on any atom is 0.312 e. The average Bonchev–Trinajstić information content (AvgIpc) is 2.86. The molecule has 2 heterocycles. The standard InChI is InChI=1S/C12H18O5/c1-11(15-5-6-16-11)12-4-3-9(14-2)8(7-12)10(13)17-12/h8-9H,3-7H2,1-2H3. The summed E-state index contributed by atoms with van der Waals surface area (Å²) in [6.07, 6.45) is 2.17. The van der Waals surface area contributed by atoms with Crippen LogP contribution in [-0.4, -0.2) is 43.8 Å². The Balaban J connectivity index is 1.88. The first kappa shape index (κ1) is 11.4. The van der Waals surface area contributed by atoms with E-state index >= 15 is 0 Å². The lowest BCUT2D eigenvalue weighted by Gasteiger charge is -2.42. The fourth-order valence-corrected chi connectivity index (χ4v) is 3.33. The van der Waals surface area contributed by atoms with E-state index in [0.717, 1.165) is 12.8 Å². The first-order valence-corrected chi connectivity index (χ1v) is 6.14. The van der Waals surface area contributed by atoms with Crippen molar-refractivity contribution in [1.82, 2.24) is 0 Å². The average molecular weight is 242 g/mol. The number of fused-ring (bicyclic) bond motifs is 2. The van der Waals surface area contributed by atoms with Gasteiger partial charge in [-0.05, 0) is 19.8 Å². The van der Waals surface area contributed by atoms with Gasteiger partial charge in [0.05, 0.1) is 25.2 Å². The van der Waals surface area contributed by atoms with Crippen molar-refractivity contribution in [2.24, 2.45) is 5.92 Å². The van der Waals surface area contributed by atoms with Crippen molar-refractivity contribution in [1.29, 1.82) is 0 Å². The van der Waals surface area contributed by atoms with Crippen LogP contribution in [0.15, 0.2) is 0 Å². The van der Waals surface area contributed by atoms with Crippen molar-refractivity contribution in [2.75, 3.05) is 20.3 Å². The number of hydrogen-bond donors (Lipinski definition) is 0. The number of hydrogen-bond acceptors (Lipinski definition) is 5. The van der Waals surface area contributed by atoms with Crippen molar-refractivity contribution >= 4 is 5.97 Å². The van der Waals surface area contributed by atoms with Crippen molar-refractivity contribution < 1.29 is 23.7 Å². The maximum absolute atomic E-state index is 11.9. The molecule has 0 spiro atoms. The summed E-state index contributed by atoms with van der Waals surface area (Å²) < 4.78 is 22.3. The van der Waals surface area contributed by atoms with E-state index in [9.17, 15) is 4.79 Å². The third-order valence-electron chi connectivity index (χ3n) is 4.40. The summed E-state index contributed by atoms with van der Waals surface area (Å²) >= 11 is 0. The Morgan fingerprint density at radius 3 is 2.71 bits per heavy atom. The van der Waals surface area contributed by atoms with Crippen LogP contribution < -0.4 is 0 Å². The largest absolute Gasteiger partial charge is 0.453 e. The van der Waals surface area contributed by atoms with Crippen LogP contribution in [0.5, 0.6) is 0 Å². The zero-order valence-corrected chi connectivity index (χ0v) is 10.2. The summed E-state index contributed by atoms with van der Waals surface area (Å²) in [5.41, 5.74) is -0.611. The Hall–Kier alpha value is -0.650. The molecule has 3 fully saturated rings. The van der Waals surface area contributed by atoms with E-state index in [4.69, 9.17) is 18.9 Å². The van der Waals surface area contributed by atoms with Crippen molar-refractivity contribution in [3.63, 3.8) is 0 Å². The molecule has 5 heteroatoms. The molecule has 3 rings (SSSR count). The van der Waals surface area contributed by atoms with Gasteiger partial charge in [-0.25, -0.2) is 0 Å². The van der Waals surface area contributed by atoms with Crippen LogP contribution in [0.3, 0.4) is 0 Å². The van der Waals surface area contributed by atoms with Crippen molar-refractivity contribution in [3.8, 4) is 0 Å². The quantitative estimate of drug-likeness (QED) is 0.672. The minimum Gasteiger partial charge on any atom is -0.453 e. The van der Waals surface area contributed by atoms with Gasteiger partial charge in [-0.15, -0.1) is 0 Å². The van der Waals surface area contributed by atoms with E-state index < -0.39 is 11.4 Å². The zero-order valence-electron chi connectivity index (χ0n) is 10.2. The highest BCUT2D eigenvalue weighted by molar-refractivity contribution is 5.76. The molecule has 3 unspecified atom stereocenters. The Morgan fingerprint density at radius 1 is 1.35 bits per heavy atom. The summed E-state index contributed by atoms with van der Waals surface area (Å²) in [4.78, 5) is 11.9. The number of ether oxygens (including phenoxy) is 4.